The zero-order valence-corrected chi connectivity index (χ0v) is 23.2. The van der Waals surface area contributed by atoms with Crippen LogP contribution in [-0.4, -0.2) is 57.5 Å². The van der Waals surface area contributed by atoms with E-state index in [9.17, 15) is 19.5 Å². The zero-order chi connectivity index (χ0) is 28.9. The molecule has 6 rings (SSSR count). The molecule has 1 fully saturated rings. The van der Waals surface area contributed by atoms with E-state index in [4.69, 9.17) is 9.47 Å². The molecule has 41 heavy (non-hydrogen) atoms. The van der Waals surface area contributed by atoms with E-state index in [1.54, 1.807) is 33.0 Å². The molecule has 3 aromatic carbocycles. The molecule has 8 heteroatoms. The summed E-state index contributed by atoms with van der Waals surface area (Å²) >= 11 is 0. The first-order valence-electron chi connectivity index (χ1n) is 13.8. The third-order valence-electron chi connectivity index (χ3n) is 7.95. The molecule has 1 saturated heterocycles. The van der Waals surface area contributed by atoms with Crippen molar-refractivity contribution in [1.82, 2.24) is 9.47 Å². The molecule has 2 aliphatic rings. The number of hydrogen-bond donors (Lipinski definition) is 1. The van der Waals surface area contributed by atoms with Gasteiger partial charge in [-0.2, -0.15) is 0 Å². The summed E-state index contributed by atoms with van der Waals surface area (Å²) in [5, 5.41) is 11.1. The van der Waals surface area contributed by atoms with E-state index in [1.165, 1.54) is 9.47 Å². The maximum absolute atomic E-state index is 13.4. The standard InChI is InChI=1S/C33H32N2O6/c1-33(2,3)41-32(39)35-18-26(24-14-8-9-15-28(24)35)25-16-17-34(29(25)30(36)37)31(38)40-19-27-22-12-6-4-10-20(22)21-11-5-7-13-23(21)27/h4-15,18,25,27,29H,16-17,19H2,1-3H3,(H,36,37)/t25-,29+/m1/s1. The van der Waals surface area contributed by atoms with Gasteiger partial charge in [0.05, 0.1) is 5.52 Å². The molecule has 4 aromatic rings. The van der Waals surface area contributed by atoms with Gasteiger partial charge in [0.2, 0.25) is 0 Å². The Morgan fingerprint density at radius 2 is 1.46 bits per heavy atom. The summed E-state index contributed by atoms with van der Waals surface area (Å²) in [6.07, 6.45) is 0.875. The highest BCUT2D eigenvalue weighted by atomic mass is 16.6. The maximum atomic E-state index is 13.4. The molecule has 1 aliphatic heterocycles. The molecule has 0 spiro atoms. The fraction of sp³-hybridized carbons (Fsp3) is 0.303. The van der Waals surface area contributed by atoms with Crippen molar-refractivity contribution in [3.63, 3.8) is 0 Å². The number of para-hydroxylation sites is 1. The molecule has 0 unspecified atom stereocenters. The molecule has 1 aliphatic carbocycles. The summed E-state index contributed by atoms with van der Waals surface area (Å²) in [7, 11) is 0. The van der Waals surface area contributed by atoms with Crippen LogP contribution in [0.15, 0.2) is 79.0 Å². The number of fused-ring (bicyclic) bond motifs is 4. The number of carboxylic acid groups (broad SMARTS) is 1. The molecule has 1 N–H and O–H groups in total. The van der Waals surface area contributed by atoms with Gasteiger partial charge in [-0.05, 0) is 61.1 Å². The number of benzene rings is 3. The monoisotopic (exact) mass is 552 g/mol. The fourth-order valence-electron chi connectivity index (χ4n) is 6.27. The molecule has 8 nitrogen and oxygen atoms in total. The van der Waals surface area contributed by atoms with Gasteiger partial charge in [-0.3, -0.25) is 9.47 Å². The first-order valence-corrected chi connectivity index (χ1v) is 13.8. The second-order valence-electron chi connectivity index (χ2n) is 11.6. The van der Waals surface area contributed by atoms with Crippen LogP contribution in [-0.2, 0) is 14.3 Å². The molecular weight excluding hydrogens is 520 g/mol. The second-order valence-corrected chi connectivity index (χ2v) is 11.6. The summed E-state index contributed by atoms with van der Waals surface area (Å²) in [6, 6.07) is 22.3. The average Bonchev–Trinajstić information content (AvgIpc) is 3.63. The number of aromatic nitrogens is 1. The molecule has 1 amide bonds. The number of carbonyl (C=O) groups excluding carboxylic acids is 2. The molecule has 1 aromatic heterocycles. The number of carboxylic acids is 1. The van der Waals surface area contributed by atoms with E-state index in [2.05, 4.69) is 12.1 Å². The molecule has 0 bridgehead atoms. The summed E-state index contributed by atoms with van der Waals surface area (Å²) in [5.41, 5.74) is 5.04. The third-order valence-corrected chi connectivity index (χ3v) is 7.95. The van der Waals surface area contributed by atoms with Crippen LogP contribution in [0.2, 0.25) is 0 Å². The quantitative estimate of drug-likeness (QED) is 0.306. The Morgan fingerprint density at radius 1 is 0.854 bits per heavy atom. The van der Waals surface area contributed by atoms with Crippen LogP contribution in [0, 0.1) is 0 Å². The van der Waals surface area contributed by atoms with Crippen molar-refractivity contribution in [3.8, 4) is 11.1 Å². The smallest absolute Gasteiger partial charge is 0.419 e. The number of likely N-dealkylation sites (tertiary alicyclic amines) is 1. The number of ether oxygens (including phenoxy) is 2. The van der Waals surface area contributed by atoms with Gasteiger partial charge in [-0.25, -0.2) is 14.4 Å². The zero-order valence-electron chi connectivity index (χ0n) is 23.2. The van der Waals surface area contributed by atoms with Crippen LogP contribution in [0.3, 0.4) is 0 Å². The number of hydrogen-bond acceptors (Lipinski definition) is 5. The van der Waals surface area contributed by atoms with Crippen LogP contribution in [0.4, 0.5) is 9.59 Å². The minimum atomic E-state index is -1.14. The third kappa shape index (κ3) is 4.73. The van der Waals surface area contributed by atoms with Gasteiger partial charge in [0.25, 0.3) is 0 Å². The number of nitrogens with zero attached hydrogens (tertiary/aromatic N) is 2. The van der Waals surface area contributed by atoms with Crippen molar-refractivity contribution in [1.29, 1.82) is 0 Å². The van der Waals surface area contributed by atoms with Crippen LogP contribution in [0.1, 0.15) is 55.7 Å². The van der Waals surface area contributed by atoms with Crippen molar-refractivity contribution in [2.24, 2.45) is 0 Å². The number of rotatable bonds is 4. The van der Waals surface area contributed by atoms with E-state index in [-0.39, 0.29) is 19.1 Å². The van der Waals surface area contributed by atoms with Gasteiger partial charge in [-0.15, -0.1) is 0 Å². The summed E-state index contributed by atoms with van der Waals surface area (Å²) in [5.74, 6) is -1.77. The van der Waals surface area contributed by atoms with E-state index in [0.717, 1.165) is 27.6 Å². The van der Waals surface area contributed by atoms with Crippen molar-refractivity contribution in [2.75, 3.05) is 13.2 Å². The predicted octanol–water partition coefficient (Wildman–Crippen LogP) is 6.62. The molecule has 0 radical (unpaired) electrons. The van der Waals surface area contributed by atoms with Crippen LogP contribution in [0.25, 0.3) is 22.0 Å². The number of aliphatic carboxylic acids is 1. The van der Waals surface area contributed by atoms with E-state index in [0.29, 0.717) is 17.5 Å². The van der Waals surface area contributed by atoms with E-state index in [1.807, 2.05) is 54.6 Å². The Morgan fingerprint density at radius 3 is 2.10 bits per heavy atom. The van der Waals surface area contributed by atoms with Crippen LogP contribution in [0.5, 0.6) is 0 Å². The first kappa shape index (κ1) is 26.6. The topological polar surface area (TPSA) is 98.1 Å². The van der Waals surface area contributed by atoms with E-state index >= 15 is 0 Å². The largest absolute Gasteiger partial charge is 0.480 e. The summed E-state index contributed by atoms with van der Waals surface area (Å²) < 4.78 is 12.8. The minimum absolute atomic E-state index is 0.109. The highest BCUT2D eigenvalue weighted by Gasteiger charge is 2.45. The normalized spacial score (nSPS) is 18.3. The van der Waals surface area contributed by atoms with Crippen LogP contribution < -0.4 is 0 Å². The average molecular weight is 553 g/mol. The molecule has 2 heterocycles. The van der Waals surface area contributed by atoms with Gasteiger partial charge in [0, 0.05) is 30.0 Å². The predicted molar refractivity (Wildman–Crippen MR) is 154 cm³/mol. The SMILES string of the molecule is CC(C)(C)OC(=O)n1cc([C@H]2CCN(C(=O)OCC3c4ccccc4-c4ccccc43)[C@@H]2C(=O)O)c2ccccc21. The number of carbonyl (C=O) groups is 3. The maximum Gasteiger partial charge on any atom is 0.419 e. The van der Waals surface area contributed by atoms with Gasteiger partial charge >= 0.3 is 18.2 Å². The highest BCUT2D eigenvalue weighted by molar-refractivity contribution is 5.93. The lowest BCUT2D eigenvalue weighted by Gasteiger charge is -2.25. The Bertz CT molecular complexity index is 1620. The highest BCUT2D eigenvalue weighted by Crippen LogP contribution is 2.45. The molecule has 2 atom stereocenters. The Kier molecular flexibility index (Phi) is 6.56. The fourth-order valence-corrected chi connectivity index (χ4v) is 6.27. The minimum Gasteiger partial charge on any atom is -0.480 e. The van der Waals surface area contributed by atoms with Crippen LogP contribution >= 0.6 is 0 Å². The molecule has 210 valence electrons. The van der Waals surface area contributed by atoms with Crippen molar-refractivity contribution >= 4 is 29.1 Å². The Balaban J connectivity index is 1.26. The lowest BCUT2D eigenvalue weighted by Crippen LogP contribution is -2.43. The van der Waals surface area contributed by atoms with Gasteiger partial charge in [0.15, 0.2) is 0 Å². The lowest BCUT2D eigenvalue weighted by molar-refractivity contribution is -0.142. The van der Waals surface area contributed by atoms with Crippen molar-refractivity contribution in [2.45, 2.75) is 50.7 Å². The molecular formula is C33H32N2O6. The molecule has 0 saturated carbocycles. The summed E-state index contributed by atoms with van der Waals surface area (Å²) in [6.45, 7) is 5.71. The number of amides is 1. The van der Waals surface area contributed by atoms with Crippen molar-refractivity contribution < 1.29 is 29.0 Å². The van der Waals surface area contributed by atoms with Gasteiger partial charge in [0.1, 0.15) is 18.2 Å². The van der Waals surface area contributed by atoms with Gasteiger partial charge < -0.3 is 14.6 Å². The van der Waals surface area contributed by atoms with Gasteiger partial charge in [-0.1, -0.05) is 66.7 Å². The Hall–Kier alpha value is -4.59. The Labute approximate surface area is 238 Å². The first-order chi connectivity index (χ1) is 19.6. The lowest BCUT2D eigenvalue weighted by atomic mass is 9.91. The second kappa shape index (κ2) is 10.1. The van der Waals surface area contributed by atoms with E-state index < -0.39 is 35.7 Å². The summed E-state index contributed by atoms with van der Waals surface area (Å²) in [4.78, 5) is 40.3. The van der Waals surface area contributed by atoms with Crippen molar-refractivity contribution in [3.05, 3.63) is 95.7 Å².